The van der Waals surface area contributed by atoms with Crippen LogP contribution in [-0.2, 0) is 25.3 Å². The summed E-state index contributed by atoms with van der Waals surface area (Å²) in [6, 6.07) is 8.70. The van der Waals surface area contributed by atoms with E-state index in [0.717, 1.165) is 5.56 Å². The number of allylic oxidation sites excluding steroid dienone is 1. The number of hydrogen-bond acceptors (Lipinski definition) is 5. The number of ether oxygens (including phenoxy) is 2. The predicted molar refractivity (Wildman–Crippen MR) is 124 cm³/mol. The van der Waals surface area contributed by atoms with Gasteiger partial charge in [-0.25, -0.2) is 9.59 Å². The molecule has 6 nitrogen and oxygen atoms in total. The Morgan fingerprint density at radius 3 is 2.45 bits per heavy atom. The van der Waals surface area contributed by atoms with Crippen LogP contribution in [0.3, 0.4) is 0 Å². The van der Waals surface area contributed by atoms with Crippen LogP contribution in [0.15, 0.2) is 43.0 Å². The van der Waals surface area contributed by atoms with E-state index in [0.29, 0.717) is 26.0 Å². The van der Waals surface area contributed by atoms with Crippen molar-refractivity contribution in [2.24, 2.45) is 5.41 Å². The maximum absolute atomic E-state index is 12.9. The van der Waals surface area contributed by atoms with Crippen LogP contribution >= 0.6 is 0 Å². The highest BCUT2D eigenvalue weighted by Crippen LogP contribution is 2.44. The summed E-state index contributed by atoms with van der Waals surface area (Å²) in [7, 11) is -0.704. The molecule has 1 aromatic rings. The first kappa shape index (κ1) is 25.1. The van der Waals surface area contributed by atoms with E-state index in [1.54, 1.807) is 6.08 Å². The summed E-state index contributed by atoms with van der Waals surface area (Å²) in [5.41, 5.74) is 0.305. The SMILES string of the molecule is C=CC[C@]1(CO[Si](C)(C)C(C)(C)C)CCN(C(=O)OCc2ccccc2)[C@@H]1C(=O)OC. The second-order valence-corrected chi connectivity index (χ2v) is 14.6. The molecular weight excluding hydrogens is 410 g/mol. The smallest absolute Gasteiger partial charge is 0.410 e. The maximum Gasteiger partial charge on any atom is 0.410 e. The molecule has 0 N–H and O–H groups in total. The van der Waals surface area contributed by atoms with E-state index in [2.05, 4.69) is 40.4 Å². The average Bonchev–Trinajstić information content (AvgIpc) is 3.10. The van der Waals surface area contributed by atoms with Gasteiger partial charge in [-0.15, -0.1) is 6.58 Å². The number of methoxy groups -OCH3 is 1. The minimum absolute atomic E-state index is 0.0377. The van der Waals surface area contributed by atoms with Gasteiger partial charge < -0.3 is 13.9 Å². The van der Waals surface area contributed by atoms with Crippen molar-refractivity contribution in [2.45, 2.75) is 64.4 Å². The van der Waals surface area contributed by atoms with Gasteiger partial charge in [0.15, 0.2) is 8.32 Å². The summed E-state index contributed by atoms with van der Waals surface area (Å²) in [5, 5.41) is 0.0377. The Balaban J connectivity index is 2.24. The highest BCUT2D eigenvalue weighted by Gasteiger charge is 2.54. The molecule has 1 fully saturated rings. The number of carbonyl (C=O) groups excluding carboxylic acids is 2. The van der Waals surface area contributed by atoms with Crippen LogP contribution in [0.2, 0.25) is 18.1 Å². The fraction of sp³-hybridized carbons (Fsp3) is 0.583. The number of rotatable bonds is 8. The molecule has 1 aliphatic rings. The van der Waals surface area contributed by atoms with E-state index in [-0.39, 0.29) is 11.6 Å². The molecule has 31 heavy (non-hydrogen) atoms. The zero-order chi connectivity index (χ0) is 23.3. The van der Waals surface area contributed by atoms with E-state index in [4.69, 9.17) is 13.9 Å². The standard InChI is InChI=1S/C24H37NO5Si/c1-8-14-24(18-30-31(6,7)23(2,3)4)15-16-25(20(24)21(26)28-5)22(27)29-17-19-12-10-9-11-13-19/h8-13,20H,1,14-18H2,2-7H3/t20-,24-/m1/s1. The van der Waals surface area contributed by atoms with Crippen molar-refractivity contribution < 1.29 is 23.5 Å². The summed E-state index contributed by atoms with van der Waals surface area (Å²) in [6.45, 7) is 15.7. The zero-order valence-corrected chi connectivity index (χ0v) is 20.8. The second-order valence-electron chi connectivity index (χ2n) is 9.81. The third-order valence-corrected chi connectivity index (χ3v) is 11.2. The van der Waals surface area contributed by atoms with Crippen LogP contribution in [0.4, 0.5) is 4.79 Å². The molecule has 2 rings (SSSR count). The lowest BCUT2D eigenvalue weighted by Crippen LogP contribution is -2.52. The molecule has 0 aliphatic carbocycles. The lowest BCUT2D eigenvalue weighted by molar-refractivity contribution is -0.150. The minimum Gasteiger partial charge on any atom is -0.467 e. The van der Waals surface area contributed by atoms with Gasteiger partial charge in [0.1, 0.15) is 12.6 Å². The molecule has 1 aromatic carbocycles. The molecule has 1 saturated heterocycles. The van der Waals surface area contributed by atoms with Gasteiger partial charge in [-0.3, -0.25) is 4.90 Å². The summed E-state index contributed by atoms with van der Waals surface area (Å²) in [4.78, 5) is 27.3. The molecular formula is C24H37NO5Si. The highest BCUT2D eigenvalue weighted by molar-refractivity contribution is 6.74. The monoisotopic (exact) mass is 447 g/mol. The largest absolute Gasteiger partial charge is 0.467 e. The number of likely N-dealkylation sites (tertiary alicyclic amines) is 1. The molecule has 0 saturated carbocycles. The number of benzene rings is 1. The first-order valence-electron chi connectivity index (χ1n) is 10.8. The van der Waals surface area contributed by atoms with Gasteiger partial charge in [0.25, 0.3) is 0 Å². The van der Waals surface area contributed by atoms with Gasteiger partial charge in [-0.1, -0.05) is 57.2 Å². The van der Waals surface area contributed by atoms with Gasteiger partial charge in [0.05, 0.1) is 7.11 Å². The number of amides is 1. The highest BCUT2D eigenvalue weighted by atomic mass is 28.4. The molecule has 1 amide bonds. The number of esters is 1. The van der Waals surface area contributed by atoms with Crippen molar-refractivity contribution in [3.8, 4) is 0 Å². The Morgan fingerprint density at radius 1 is 1.26 bits per heavy atom. The van der Waals surface area contributed by atoms with Crippen LogP contribution in [0.1, 0.15) is 39.2 Å². The molecule has 1 aliphatic heterocycles. The summed E-state index contributed by atoms with van der Waals surface area (Å²) in [5.74, 6) is -0.449. The van der Waals surface area contributed by atoms with Crippen molar-refractivity contribution in [3.63, 3.8) is 0 Å². The first-order valence-corrected chi connectivity index (χ1v) is 13.7. The molecule has 1 heterocycles. The van der Waals surface area contributed by atoms with E-state index < -0.39 is 31.8 Å². The van der Waals surface area contributed by atoms with Gasteiger partial charge >= 0.3 is 12.1 Å². The van der Waals surface area contributed by atoms with Crippen molar-refractivity contribution >= 4 is 20.4 Å². The molecule has 7 heteroatoms. The predicted octanol–water partition coefficient (Wildman–Crippen LogP) is 5.15. The topological polar surface area (TPSA) is 65.1 Å². The molecule has 0 radical (unpaired) electrons. The van der Waals surface area contributed by atoms with Crippen molar-refractivity contribution in [2.75, 3.05) is 20.3 Å². The quantitative estimate of drug-likeness (QED) is 0.313. The lowest BCUT2D eigenvalue weighted by Gasteiger charge is -2.41. The second kappa shape index (κ2) is 10.00. The van der Waals surface area contributed by atoms with E-state index in [1.165, 1.54) is 12.0 Å². The van der Waals surface area contributed by atoms with E-state index in [1.807, 2.05) is 30.3 Å². The molecule has 0 aromatic heterocycles. The van der Waals surface area contributed by atoms with Crippen LogP contribution in [-0.4, -0.2) is 51.6 Å². The van der Waals surface area contributed by atoms with Crippen LogP contribution < -0.4 is 0 Å². The van der Waals surface area contributed by atoms with Gasteiger partial charge in [-0.2, -0.15) is 0 Å². The average molecular weight is 448 g/mol. The van der Waals surface area contributed by atoms with Gasteiger partial charge in [0, 0.05) is 18.6 Å². The third-order valence-electron chi connectivity index (χ3n) is 6.68. The Hall–Kier alpha value is -2.12. The Labute approximate surface area is 187 Å². The lowest BCUT2D eigenvalue weighted by atomic mass is 9.78. The number of carbonyl (C=O) groups is 2. The number of hydrogen-bond donors (Lipinski definition) is 0. The summed E-state index contributed by atoms with van der Waals surface area (Å²) < 4.78 is 17.2. The normalized spacial score (nSPS) is 21.6. The fourth-order valence-corrected chi connectivity index (χ4v) is 4.76. The molecule has 0 bridgehead atoms. The van der Waals surface area contributed by atoms with Crippen LogP contribution in [0.25, 0.3) is 0 Å². The van der Waals surface area contributed by atoms with Crippen molar-refractivity contribution in [1.29, 1.82) is 0 Å². The van der Waals surface area contributed by atoms with Gasteiger partial charge in [0.2, 0.25) is 0 Å². The Kier molecular flexibility index (Phi) is 8.11. The molecule has 2 atom stereocenters. The summed E-state index contributed by atoms with van der Waals surface area (Å²) in [6.07, 6.45) is 2.44. The Bertz CT molecular complexity index is 774. The Morgan fingerprint density at radius 2 is 1.90 bits per heavy atom. The summed E-state index contributed by atoms with van der Waals surface area (Å²) >= 11 is 0. The molecule has 0 spiro atoms. The zero-order valence-electron chi connectivity index (χ0n) is 19.8. The first-order chi connectivity index (χ1) is 14.5. The number of nitrogens with zero attached hydrogens (tertiary/aromatic N) is 1. The van der Waals surface area contributed by atoms with Crippen molar-refractivity contribution in [3.05, 3.63) is 48.6 Å². The van der Waals surface area contributed by atoms with Crippen LogP contribution in [0.5, 0.6) is 0 Å². The van der Waals surface area contributed by atoms with E-state index >= 15 is 0 Å². The molecule has 172 valence electrons. The molecule has 0 unspecified atom stereocenters. The third kappa shape index (κ3) is 5.77. The van der Waals surface area contributed by atoms with E-state index in [9.17, 15) is 9.59 Å². The fourth-order valence-electron chi connectivity index (χ4n) is 3.68. The minimum atomic E-state index is -2.05. The van der Waals surface area contributed by atoms with Crippen LogP contribution in [0, 0.1) is 5.41 Å². The maximum atomic E-state index is 12.9. The van der Waals surface area contributed by atoms with Gasteiger partial charge in [-0.05, 0) is 36.5 Å². The van der Waals surface area contributed by atoms with Crippen molar-refractivity contribution in [1.82, 2.24) is 4.90 Å².